The first-order valence-corrected chi connectivity index (χ1v) is 6.49. The number of halogens is 1. The lowest BCUT2D eigenvalue weighted by molar-refractivity contribution is -0.385. The van der Waals surface area contributed by atoms with Gasteiger partial charge in [0.2, 0.25) is 5.75 Å². The Balaban J connectivity index is 2.38. The van der Waals surface area contributed by atoms with Gasteiger partial charge in [-0.2, -0.15) is 0 Å². The zero-order valence-electron chi connectivity index (χ0n) is 10.5. The number of nitro groups is 1. The Morgan fingerprint density at radius 3 is 2.40 bits per heavy atom. The lowest BCUT2D eigenvalue weighted by Crippen LogP contribution is -1.98. The van der Waals surface area contributed by atoms with Gasteiger partial charge in [-0.15, -0.1) is 0 Å². The van der Waals surface area contributed by atoms with Crippen molar-refractivity contribution in [1.29, 1.82) is 0 Å². The van der Waals surface area contributed by atoms with Crippen molar-refractivity contribution in [1.82, 2.24) is 0 Å². The summed E-state index contributed by atoms with van der Waals surface area (Å²) >= 11 is 3.29. The van der Waals surface area contributed by atoms with Crippen LogP contribution in [0.2, 0.25) is 0 Å². The summed E-state index contributed by atoms with van der Waals surface area (Å²) in [5.41, 5.74) is 0.0421. The van der Waals surface area contributed by atoms with Gasteiger partial charge in [0.05, 0.1) is 4.92 Å². The third-order valence-corrected chi connectivity index (χ3v) is 3.13. The van der Waals surface area contributed by atoms with Crippen LogP contribution in [0.25, 0.3) is 0 Å². The predicted octanol–water partition coefficient (Wildman–Crippen LogP) is 4.35. The van der Waals surface area contributed by atoms with E-state index in [-0.39, 0.29) is 22.8 Å². The highest BCUT2D eigenvalue weighted by Crippen LogP contribution is 2.32. The van der Waals surface area contributed by atoms with Gasteiger partial charge in [-0.3, -0.25) is 14.9 Å². The average molecular weight is 336 g/mol. The Bertz CT molecular complexity index is 667. The molecule has 0 aliphatic heterocycles. The number of hydrogen-bond donors (Lipinski definition) is 0. The molecule has 2 rings (SSSR count). The summed E-state index contributed by atoms with van der Waals surface area (Å²) in [5.74, 6) is 0.345. The fourth-order valence-electron chi connectivity index (χ4n) is 1.59. The van der Waals surface area contributed by atoms with E-state index in [0.29, 0.717) is 5.75 Å². The van der Waals surface area contributed by atoms with Crippen LogP contribution >= 0.6 is 15.9 Å². The van der Waals surface area contributed by atoms with Crippen molar-refractivity contribution in [3.05, 3.63) is 62.6 Å². The van der Waals surface area contributed by atoms with E-state index >= 15 is 0 Å². The second-order valence-electron chi connectivity index (χ2n) is 4.05. The molecular formula is C14H10BrNO4. The molecule has 5 nitrogen and oxygen atoms in total. The van der Waals surface area contributed by atoms with Crippen molar-refractivity contribution in [2.45, 2.75) is 6.92 Å². The molecule has 0 saturated carbocycles. The fraction of sp³-hybridized carbons (Fsp3) is 0.0714. The number of carbonyl (C=O) groups is 1. The van der Waals surface area contributed by atoms with Crippen LogP contribution in [-0.4, -0.2) is 10.7 Å². The summed E-state index contributed by atoms with van der Waals surface area (Å²) < 4.78 is 6.37. The molecule has 0 aliphatic rings. The molecule has 0 aliphatic carbocycles. The highest BCUT2D eigenvalue weighted by atomic mass is 79.9. The molecule has 0 fully saturated rings. The van der Waals surface area contributed by atoms with E-state index in [1.807, 2.05) is 0 Å². The zero-order valence-corrected chi connectivity index (χ0v) is 12.1. The summed E-state index contributed by atoms with van der Waals surface area (Å²) in [6.45, 7) is 1.36. The van der Waals surface area contributed by atoms with Gasteiger partial charge in [-0.05, 0) is 43.3 Å². The number of Topliss-reactive ketones (excluding diaryl/α,β-unsaturated/α-hetero) is 1. The van der Waals surface area contributed by atoms with Crippen LogP contribution in [0.1, 0.15) is 17.3 Å². The summed E-state index contributed by atoms with van der Waals surface area (Å²) in [7, 11) is 0. The van der Waals surface area contributed by atoms with Crippen LogP contribution in [0.3, 0.4) is 0 Å². The van der Waals surface area contributed by atoms with Crippen LogP contribution in [0.5, 0.6) is 11.5 Å². The molecule has 0 aromatic heterocycles. The number of rotatable bonds is 4. The van der Waals surface area contributed by atoms with E-state index in [4.69, 9.17) is 4.74 Å². The largest absolute Gasteiger partial charge is 0.450 e. The maximum absolute atomic E-state index is 11.3. The van der Waals surface area contributed by atoms with E-state index < -0.39 is 4.92 Å². The Hall–Kier alpha value is -2.21. The fourth-order valence-corrected chi connectivity index (χ4v) is 1.86. The molecule has 0 radical (unpaired) electrons. The van der Waals surface area contributed by atoms with Crippen molar-refractivity contribution >= 4 is 27.4 Å². The minimum Gasteiger partial charge on any atom is -0.450 e. The van der Waals surface area contributed by atoms with Crippen LogP contribution < -0.4 is 4.74 Å². The third-order valence-electron chi connectivity index (χ3n) is 2.60. The number of carbonyl (C=O) groups excluding carboxylic acids is 1. The molecule has 0 unspecified atom stereocenters. The maximum Gasteiger partial charge on any atom is 0.312 e. The number of nitro benzene ring substituents is 1. The van der Waals surface area contributed by atoms with Crippen molar-refractivity contribution < 1.29 is 14.5 Å². The molecular weight excluding hydrogens is 326 g/mol. The van der Waals surface area contributed by atoms with Crippen LogP contribution in [0.4, 0.5) is 5.69 Å². The lowest BCUT2D eigenvalue weighted by atomic mass is 10.1. The van der Waals surface area contributed by atoms with E-state index in [0.717, 1.165) is 4.47 Å². The minimum absolute atomic E-state index is 0.0994. The smallest absolute Gasteiger partial charge is 0.312 e. The first kappa shape index (κ1) is 14.2. The van der Waals surface area contributed by atoms with E-state index in [9.17, 15) is 14.9 Å². The van der Waals surface area contributed by atoms with E-state index in [1.165, 1.54) is 25.1 Å². The molecule has 0 N–H and O–H groups in total. The minimum atomic E-state index is -0.569. The molecule has 2 aromatic rings. The Labute approximate surface area is 123 Å². The second kappa shape index (κ2) is 5.83. The number of hydrogen-bond acceptors (Lipinski definition) is 4. The zero-order chi connectivity index (χ0) is 14.7. The van der Waals surface area contributed by atoms with E-state index in [1.54, 1.807) is 24.3 Å². The molecule has 20 heavy (non-hydrogen) atoms. The molecule has 6 heteroatoms. The first-order valence-electron chi connectivity index (χ1n) is 5.70. The van der Waals surface area contributed by atoms with Crippen molar-refractivity contribution in [3.63, 3.8) is 0 Å². The quantitative estimate of drug-likeness (QED) is 0.473. The second-order valence-corrected chi connectivity index (χ2v) is 4.97. The Kier molecular flexibility index (Phi) is 4.14. The molecule has 0 atom stereocenters. The van der Waals surface area contributed by atoms with Crippen molar-refractivity contribution in [2.75, 3.05) is 0 Å². The molecule has 0 bridgehead atoms. The van der Waals surface area contributed by atoms with Gasteiger partial charge >= 0.3 is 5.69 Å². The van der Waals surface area contributed by atoms with Crippen LogP contribution in [0.15, 0.2) is 46.9 Å². The normalized spacial score (nSPS) is 10.1. The Morgan fingerprint density at radius 1 is 1.20 bits per heavy atom. The van der Waals surface area contributed by atoms with Crippen molar-refractivity contribution in [3.8, 4) is 11.5 Å². The van der Waals surface area contributed by atoms with Gasteiger partial charge in [0.1, 0.15) is 5.75 Å². The number of benzene rings is 2. The molecule has 2 aromatic carbocycles. The Morgan fingerprint density at radius 2 is 1.85 bits per heavy atom. The third kappa shape index (κ3) is 3.21. The summed E-state index contributed by atoms with van der Waals surface area (Å²) in [4.78, 5) is 21.7. The van der Waals surface area contributed by atoms with Crippen LogP contribution in [0, 0.1) is 10.1 Å². The van der Waals surface area contributed by atoms with Gasteiger partial charge in [-0.25, -0.2) is 0 Å². The monoisotopic (exact) mass is 335 g/mol. The molecule has 102 valence electrons. The molecule has 0 heterocycles. The van der Waals surface area contributed by atoms with Gasteiger partial charge in [0.15, 0.2) is 5.78 Å². The highest BCUT2D eigenvalue weighted by Gasteiger charge is 2.18. The topological polar surface area (TPSA) is 69.4 Å². The lowest BCUT2D eigenvalue weighted by Gasteiger charge is -2.07. The molecule has 0 saturated heterocycles. The first-order chi connectivity index (χ1) is 9.47. The summed E-state index contributed by atoms with van der Waals surface area (Å²) in [6, 6.07) is 11.1. The standard InChI is InChI=1S/C14H10BrNO4/c1-9(17)10-2-7-14(13(8-10)16(18)19)20-12-5-3-11(15)4-6-12/h2-8H,1H3. The van der Waals surface area contributed by atoms with Crippen LogP contribution in [-0.2, 0) is 0 Å². The number of nitrogens with zero attached hydrogens (tertiary/aromatic N) is 1. The molecule has 0 amide bonds. The SMILES string of the molecule is CC(=O)c1ccc(Oc2ccc(Br)cc2)c([N+](=O)[O-])c1. The maximum atomic E-state index is 11.3. The number of ether oxygens (including phenoxy) is 1. The number of ketones is 1. The highest BCUT2D eigenvalue weighted by molar-refractivity contribution is 9.10. The van der Waals surface area contributed by atoms with E-state index in [2.05, 4.69) is 15.9 Å². The molecule has 0 spiro atoms. The van der Waals surface area contributed by atoms with Gasteiger partial charge < -0.3 is 4.74 Å². The summed E-state index contributed by atoms with van der Waals surface area (Å²) in [6.07, 6.45) is 0. The predicted molar refractivity (Wildman–Crippen MR) is 77.3 cm³/mol. The summed E-state index contributed by atoms with van der Waals surface area (Å²) in [5, 5.41) is 11.0. The van der Waals surface area contributed by atoms with Gasteiger partial charge in [0, 0.05) is 16.1 Å². The average Bonchev–Trinajstić information content (AvgIpc) is 2.41. The van der Waals surface area contributed by atoms with Gasteiger partial charge in [0.25, 0.3) is 0 Å². The van der Waals surface area contributed by atoms with Gasteiger partial charge in [-0.1, -0.05) is 15.9 Å². The van der Waals surface area contributed by atoms with Crippen molar-refractivity contribution in [2.24, 2.45) is 0 Å².